The molecule has 0 unspecified atom stereocenters. The lowest BCUT2D eigenvalue weighted by molar-refractivity contribution is 0.131. The van der Waals surface area contributed by atoms with E-state index in [4.69, 9.17) is 5.11 Å². The van der Waals surface area contributed by atoms with Gasteiger partial charge in [0.15, 0.2) is 0 Å². The van der Waals surface area contributed by atoms with Crippen LogP contribution in [0.3, 0.4) is 0 Å². The third-order valence-electron chi connectivity index (χ3n) is 3.84. The first-order chi connectivity index (χ1) is 13.1. The van der Waals surface area contributed by atoms with Crippen LogP contribution in [0.2, 0.25) is 0 Å². The molecule has 2 heterocycles. The van der Waals surface area contributed by atoms with E-state index in [1.807, 2.05) is 0 Å². The molecule has 3 rings (SSSR count). The van der Waals surface area contributed by atoms with Gasteiger partial charge >= 0.3 is 0 Å². The van der Waals surface area contributed by atoms with Crippen molar-refractivity contribution >= 4 is 5.95 Å². The standard InChI is InChI=1S/C18H18F3N5O/c19-13-3-1-12(2-4-13)16-17(26(11-24-16)9-6-15(20)21)14-5-7-22-18(25-14)23-8-10-27/h1-5,7,11,15,27H,6,8-10H2,(H,22,23,25). The average molecular weight is 377 g/mol. The summed E-state index contributed by atoms with van der Waals surface area (Å²) >= 11 is 0. The minimum atomic E-state index is -2.44. The number of hydrogen-bond acceptors (Lipinski definition) is 5. The van der Waals surface area contributed by atoms with Crippen molar-refractivity contribution in [2.45, 2.75) is 19.4 Å². The largest absolute Gasteiger partial charge is 0.395 e. The first kappa shape index (κ1) is 18.8. The van der Waals surface area contributed by atoms with E-state index in [2.05, 4.69) is 20.3 Å². The van der Waals surface area contributed by atoms with E-state index in [-0.39, 0.29) is 31.9 Å². The molecule has 0 saturated carbocycles. The van der Waals surface area contributed by atoms with Crippen LogP contribution in [-0.4, -0.2) is 44.2 Å². The van der Waals surface area contributed by atoms with Gasteiger partial charge in [0.1, 0.15) is 5.82 Å². The molecule has 0 aliphatic carbocycles. The molecule has 0 atom stereocenters. The second kappa shape index (κ2) is 8.63. The fourth-order valence-electron chi connectivity index (χ4n) is 2.62. The third-order valence-corrected chi connectivity index (χ3v) is 3.84. The van der Waals surface area contributed by atoms with Crippen molar-refractivity contribution < 1.29 is 18.3 Å². The molecule has 0 spiro atoms. The molecule has 2 N–H and O–H groups in total. The minimum absolute atomic E-state index is 0.0601. The predicted octanol–water partition coefficient (Wildman–Crippen LogP) is 3.21. The number of imidazole rings is 1. The van der Waals surface area contributed by atoms with Crippen molar-refractivity contribution in [2.24, 2.45) is 0 Å². The quantitative estimate of drug-likeness (QED) is 0.631. The first-order valence-corrected chi connectivity index (χ1v) is 8.36. The monoisotopic (exact) mass is 377 g/mol. The number of aromatic nitrogens is 4. The number of nitrogens with zero attached hydrogens (tertiary/aromatic N) is 4. The summed E-state index contributed by atoms with van der Waals surface area (Å²) in [5, 5.41) is 11.8. The van der Waals surface area contributed by atoms with E-state index in [9.17, 15) is 13.2 Å². The van der Waals surface area contributed by atoms with E-state index in [1.165, 1.54) is 24.7 Å². The van der Waals surface area contributed by atoms with Gasteiger partial charge in [-0.3, -0.25) is 0 Å². The van der Waals surface area contributed by atoms with Crippen molar-refractivity contribution in [3.05, 3.63) is 48.7 Å². The van der Waals surface area contributed by atoms with Gasteiger partial charge in [0.25, 0.3) is 0 Å². The Labute approximate surface area is 153 Å². The topological polar surface area (TPSA) is 75.9 Å². The number of halogens is 3. The molecule has 1 aromatic carbocycles. The summed E-state index contributed by atoms with van der Waals surface area (Å²) in [5.41, 5.74) is 2.18. The lowest BCUT2D eigenvalue weighted by Gasteiger charge is -2.11. The van der Waals surface area contributed by atoms with Crippen LogP contribution in [-0.2, 0) is 6.54 Å². The van der Waals surface area contributed by atoms with Gasteiger partial charge < -0.3 is 15.0 Å². The van der Waals surface area contributed by atoms with Gasteiger partial charge in [-0.25, -0.2) is 28.1 Å². The van der Waals surface area contributed by atoms with Crippen LogP contribution in [0, 0.1) is 5.82 Å². The number of benzene rings is 1. The Kier molecular flexibility index (Phi) is 6.02. The van der Waals surface area contributed by atoms with Crippen molar-refractivity contribution in [3.63, 3.8) is 0 Å². The number of aryl methyl sites for hydroxylation is 1. The first-order valence-electron chi connectivity index (χ1n) is 8.36. The summed E-state index contributed by atoms with van der Waals surface area (Å²) in [4.78, 5) is 12.8. The fourth-order valence-corrected chi connectivity index (χ4v) is 2.62. The van der Waals surface area contributed by atoms with Crippen LogP contribution < -0.4 is 5.32 Å². The zero-order valence-corrected chi connectivity index (χ0v) is 14.3. The number of hydrogen-bond donors (Lipinski definition) is 2. The number of aliphatic hydroxyl groups is 1. The second-order valence-electron chi connectivity index (χ2n) is 5.74. The molecule has 0 aliphatic rings. The molecule has 9 heteroatoms. The number of aliphatic hydroxyl groups excluding tert-OH is 1. The van der Waals surface area contributed by atoms with E-state index >= 15 is 0 Å². The molecule has 0 radical (unpaired) electrons. The number of nitrogens with one attached hydrogen (secondary N) is 1. The number of alkyl halides is 2. The van der Waals surface area contributed by atoms with Crippen molar-refractivity contribution in [1.82, 2.24) is 19.5 Å². The second-order valence-corrected chi connectivity index (χ2v) is 5.74. The van der Waals surface area contributed by atoms with Gasteiger partial charge in [-0.05, 0) is 30.3 Å². The normalized spacial score (nSPS) is 11.1. The lowest BCUT2D eigenvalue weighted by Crippen LogP contribution is -2.09. The van der Waals surface area contributed by atoms with Gasteiger partial charge in [0.2, 0.25) is 12.4 Å². The molecular formula is C18H18F3N5O. The van der Waals surface area contributed by atoms with Crippen LogP contribution in [0.15, 0.2) is 42.9 Å². The van der Waals surface area contributed by atoms with Gasteiger partial charge in [-0.2, -0.15) is 0 Å². The molecule has 3 aromatic rings. The third kappa shape index (κ3) is 4.62. The Hall–Kier alpha value is -2.94. The molecular weight excluding hydrogens is 359 g/mol. The van der Waals surface area contributed by atoms with Crippen molar-refractivity contribution in [1.29, 1.82) is 0 Å². The maximum atomic E-state index is 13.3. The summed E-state index contributed by atoms with van der Waals surface area (Å²) in [5.74, 6) is -0.0804. The SMILES string of the molecule is OCCNc1nccc(-c2c(-c3ccc(F)cc3)ncn2CCC(F)F)n1. The Bertz CT molecular complexity index is 883. The van der Waals surface area contributed by atoms with E-state index in [1.54, 1.807) is 22.8 Å². The highest BCUT2D eigenvalue weighted by Crippen LogP contribution is 2.31. The number of anilines is 1. The van der Waals surface area contributed by atoms with Crippen LogP contribution in [0.25, 0.3) is 22.6 Å². The molecule has 2 aromatic heterocycles. The summed E-state index contributed by atoms with van der Waals surface area (Å²) < 4.78 is 40.2. The maximum Gasteiger partial charge on any atom is 0.240 e. The molecule has 0 amide bonds. The van der Waals surface area contributed by atoms with Gasteiger partial charge in [-0.1, -0.05) is 0 Å². The maximum absolute atomic E-state index is 13.3. The smallest absolute Gasteiger partial charge is 0.240 e. The van der Waals surface area contributed by atoms with E-state index < -0.39 is 6.43 Å². The highest BCUT2D eigenvalue weighted by molar-refractivity contribution is 5.77. The lowest BCUT2D eigenvalue weighted by atomic mass is 10.1. The molecule has 6 nitrogen and oxygen atoms in total. The molecule has 142 valence electrons. The van der Waals surface area contributed by atoms with E-state index in [0.29, 0.717) is 28.6 Å². The van der Waals surface area contributed by atoms with Crippen LogP contribution >= 0.6 is 0 Å². The molecule has 0 saturated heterocycles. The molecule has 0 bridgehead atoms. The zero-order valence-electron chi connectivity index (χ0n) is 14.3. The summed E-state index contributed by atoms with van der Waals surface area (Å²) in [7, 11) is 0. The highest BCUT2D eigenvalue weighted by atomic mass is 19.3. The van der Waals surface area contributed by atoms with Gasteiger partial charge in [0, 0.05) is 31.3 Å². The Balaban J connectivity index is 2.04. The summed E-state index contributed by atoms with van der Waals surface area (Å²) in [6.45, 7) is 0.254. The molecule has 0 aliphatic heterocycles. The predicted molar refractivity (Wildman–Crippen MR) is 94.8 cm³/mol. The average Bonchev–Trinajstić information content (AvgIpc) is 3.09. The van der Waals surface area contributed by atoms with Crippen LogP contribution in [0.4, 0.5) is 19.1 Å². The molecule has 27 heavy (non-hydrogen) atoms. The highest BCUT2D eigenvalue weighted by Gasteiger charge is 2.18. The van der Waals surface area contributed by atoms with Crippen molar-refractivity contribution in [2.75, 3.05) is 18.5 Å². The zero-order chi connectivity index (χ0) is 19.2. The fraction of sp³-hybridized carbons (Fsp3) is 0.278. The van der Waals surface area contributed by atoms with Crippen molar-refractivity contribution in [3.8, 4) is 22.6 Å². The van der Waals surface area contributed by atoms with Crippen LogP contribution in [0.5, 0.6) is 0 Å². The molecule has 0 fully saturated rings. The summed E-state index contributed by atoms with van der Waals surface area (Å²) in [6, 6.07) is 7.42. The number of rotatable bonds is 8. The van der Waals surface area contributed by atoms with Gasteiger partial charge in [0.05, 0.1) is 30.0 Å². The van der Waals surface area contributed by atoms with Crippen LogP contribution in [0.1, 0.15) is 6.42 Å². The Morgan fingerprint density at radius 1 is 1.11 bits per heavy atom. The minimum Gasteiger partial charge on any atom is -0.395 e. The van der Waals surface area contributed by atoms with E-state index in [0.717, 1.165) is 0 Å². The Morgan fingerprint density at radius 3 is 2.59 bits per heavy atom. The Morgan fingerprint density at radius 2 is 1.89 bits per heavy atom. The van der Waals surface area contributed by atoms with Gasteiger partial charge in [-0.15, -0.1) is 0 Å². The summed E-state index contributed by atoms with van der Waals surface area (Å²) in [6.07, 6.45) is 0.231.